The average Bonchev–Trinajstić information content (AvgIpc) is 2.32. The molecule has 0 aromatic heterocycles. The molecule has 19 heavy (non-hydrogen) atoms. The molecule has 0 aromatic carbocycles. The van der Waals surface area contributed by atoms with E-state index in [4.69, 9.17) is 0 Å². The van der Waals surface area contributed by atoms with Gasteiger partial charge in [-0.1, -0.05) is 6.08 Å². The third kappa shape index (κ3) is 5.19. The van der Waals surface area contributed by atoms with Crippen molar-refractivity contribution in [1.82, 2.24) is 20.9 Å². The summed E-state index contributed by atoms with van der Waals surface area (Å²) in [7, 11) is 1.57. The van der Waals surface area contributed by atoms with Crippen molar-refractivity contribution in [2.24, 2.45) is 0 Å². The van der Waals surface area contributed by atoms with Crippen molar-refractivity contribution in [3.63, 3.8) is 0 Å². The monoisotopic (exact) mass is 268 g/mol. The van der Waals surface area contributed by atoms with Crippen molar-refractivity contribution in [2.45, 2.75) is 38.3 Å². The van der Waals surface area contributed by atoms with Crippen LogP contribution in [0.15, 0.2) is 12.7 Å². The Balaban J connectivity index is 2.15. The van der Waals surface area contributed by atoms with E-state index in [1.807, 2.05) is 13.0 Å². The second kappa shape index (κ2) is 7.66. The van der Waals surface area contributed by atoms with E-state index in [-0.39, 0.29) is 24.1 Å². The topological polar surface area (TPSA) is 73.5 Å². The highest BCUT2D eigenvalue weighted by atomic mass is 16.2. The van der Waals surface area contributed by atoms with Gasteiger partial charge in [0.05, 0.1) is 6.04 Å². The first-order valence-electron chi connectivity index (χ1n) is 6.71. The lowest BCUT2D eigenvalue weighted by Crippen LogP contribution is -2.64. The minimum Gasteiger partial charge on any atom is -0.341 e. The summed E-state index contributed by atoms with van der Waals surface area (Å²) in [6.07, 6.45) is 4.85. The lowest BCUT2D eigenvalue weighted by molar-refractivity contribution is 0.136. The Morgan fingerprint density at radius 1 is 1.47 bits per heavy atom. The Morgan fingerprint density at radius 3 is 2.74 bits per heavy atom. The molecule has 3 N–H and O–H groups in total. The van der Waals surface area contributed by atoms with Crippen LogP contribution in [-0.2, 0) is 0 Å². The van der Waals surface area contributed by atoms with Gasteiger partial charge in [0.15, 0.2) is 0 Å². The van der Waals surface area contributed by atoms with E-state index in [0.717, 1.165) is 19.3 Å². The molecule has 4 amide bonds. The van der Waals surface area contributed by atoms with E-state index in [9.17, 15) is 9.59 Å². The number of nitrogens with one attached hydrogen (secondary N) is 3. The molecule has 6 nitrogen and oxygen atoms in total. The van der Waals surface area contributed by atoms with Gasteiger partial charge >= 0.3 is 12.1 Å². The van der Waals surface area contributed by atoms with E-state index < -0.39 is 0 Å². The third-order valence-electron chi connectivity index (χ3n) is 3.15. The summed E-state index contributed by atoms with van der Waals surface area (Å²) in [5.74, 6) is 0. The van der Waals surface area contributed by atoms with Crippen LogP contribution in [0.4, 0.5) is 9.59 Å². The number of unbranched alkanes of at least 4 members (excludes halogenated alkanes) is 1. The molecule has 0 aromatic rings. The molecule has 1 fully saturated rings. The lowest BCUT2D eigenvalue weighted by atomic mass is 10.1. The molecule has 0 bridgehead atoms. The zero-order valence-electron chi connectivity index (χ0n) is 11.7. The maximum absolute atomic E-state index is 11.8. The van der Waals surface area contributed by atoms with Gasteiger partial charge in [-0.15, -0.1) is 6.58 Å². The van der Waals surface area contributed by atoms with E-state index >= 15 is 0 Å². The second-order valence-corrected chi connectivity index (χ2v) is 4.90. The number of allylic oxidation sites excluding steroid dienone is 1. The van der Waals surface area contributed by atoms with Gasteiger partial charge in [0.1, 0.15) is 0 Å². The van der Waals surface area contributed by atoms with Gasteiger partial charge in [0, 0.05) is 26.2 Å². The van der Waals surface area contributed by atoms with Crippen molar-refractivity contribution in [3.05, 3.63) is 12.7 Å². The number of amides is 4. The van der Waals surface area contributed by atoms with Crippen LogP contribution < -0.4 is 16.0 Å². The van der Waals surface area contributed by atoms with E-state index in [1.54, 1.807) is 11.9 Å². The Hall–Kier alpha value is -1.72. The number of rotatable bonds is 6. The molecule has 1 atom stereocenters. The van der Waals surface area contributed by atoms with Gasteiger partial charge in [0.25, 0.3) is 0 Å². The maximum Gasteiger partial charge on any atom is 0.317 e. The quantitative estimate of drug-likeness (QED) is 0.498. The molecule has 1 rings (SSSR count). The zero-order valence-corrected chi connectivity index (χ0v) is 11.7. The van der Waals surface area contributed by atoms with Gasteiger partial charge in [-0.3, -0.25) is 0 Å². The van der Waals surface area contributed by atoms with E-state index in [2.05, 4.69) is 22.5 Å². The SMILES string of the molecule is C=CCCCC(C)NC(=O)N1CC(NC(=O)NC)C1. The van der Waals surface area contributed by atoms with E-state index in [0.29, 0.717) is 13.1 Å². The van der Waals surface area contributed by atoms with Gasteiger partial charge < -0.3 is 20.9 Å². The predicted octanol–water partition coefficient (Wildman–Crippen LogP) is 1.05. The number of carbonyl (C=O) groups is 2. The molecule has 1 unspecified atom stereocenters. The predicted molar refractivity (Wildman–Crippen MR) is 75.0 cm³/mol. The number of nitrogens with zero attached hydrogens (tertiary/aromatic N) is 1. The minimum atomic E-state index is -0.206. The molecule has 1 heterocycles. The summed E-state index contributed by atoms with van der Waals surface area (Å²) >= 11 is 0. The van der Waals surface area contributed by atoms with Crippen molar-refractivity contribution in [1.29, 1.82) is 0 Å². The van der Waals surface area contributed by atoms with Gasteiger partial charge in [-0.2, -0.15) is 0 Å². The summed E-state index contributed by atoms with van der Waals surface area (Å²) in [5.41, 5.74) is 0. The second-order valence-electron chi connectivity index (χ2n) is 4.90. The molecule has 1 saturated heterocycles. The van der Waals surface area contributed by atoms with Crippen LogP contribution in [0, 0.1) is 0 Å². The summed E-state index contributed by atoms with van der Waals surface area (Å²) in [5, 5.41) is 8.21. The first-order valence-corrected chi connectivity index (χ1v) is 6.71. The van der Waals surface area contributed by atoms with E-state index in [1.165, 1.54) is 0 Å². The summed E-state index contributed by atoms with van der Waals surface area (Å²) in [6.45, 7) is 6.81. The fourth-order valence-electron chi connectivity index (χ4n) is 1.94. The molecule has 0 saturated carbocycles. The van der Waals surface area contributed by atoms with Gasteiger partial charge in [-0.05, 0) is 26.2 Å². The number of hydrogen-bond acceptors (Lipinski definition) is 2. The van der Waals surface area contributed by atoms with Crippen molar-refractivity contribution >= 4 is 12.1 Å². The first-order chi connectivity index (χ1) is 9.06. The van der Waals surface area contributed by atoms with Crippen LogP contribution in [0.2, 0.25) is 0 Å². The Kier molecular flexibility index (Phi) is 6.18. The highest BCUT2D eigenvalue weighted by Crippen LogP contribution is 2.09. The first kappa shape index (κ1) is 15.3. The molecule has 0 spiro atoms. The fourth-order valence-corrected chi connectivity index (χ4v) is 1.94. The van der Waals surface area contributed by atoms with Crippen LogP contribution >= 0.6 is 0 Å². The average molecular weight is 268 g/mol. The third-order valence-corrected chi connectivity index (χ3v) is 3.15. The molecular weight excluding hydrogens is 244 g/mol. The Morgan fingerprint density at radius 2 is 2.16 bits per heavy atom. The largest absolute Gasteiger partial charge is 0.341 e. The number of likely N-dealkylation sites (tertiary alicyclic amines) is 1. The van der Waals surface area contributed by atoms with Crippen LogP contribution in [0.5, 0.6) is 0 Å². The lowest BCUT2D eigenvalue weighted by Gasteiger charge is -2.39. The normalized spacial score (nSPS) is 16.2. The number of hydrogen-bond donors (Lipinski definition) is 3. The molecule has 0 radical (unpaired) electrons. The Labute approximate surface area is 114 Å². The van der Waals surface area contributed by atoms with Crippen molar-refractivity contribution in [2.75, 3.05) is 20.1 Å². The van der Waals surface area contributed by atoms with Crippen LogP contribution in [0.1, 0.15) is 26.2 Å². The molecule has 1 aliphatic rings. The van der Waals surface area contributed by atoms with Crippen LogP contribution in [0.25, 0.3) is 0 Å². The smallest absolute Gasteiger partial charge is 0.317 e. The standard InChI is InChI=1S/C13H24N4O2/c1-4-5-6-7-10(2)15-13(19)17-8-11(9-17)16-12(18)14-3/h4,10-11H,1,5-9H2,2-3H3,(H,15,19)(H2,14,16,18). The summed E-state index contributed by atoms with van der Waals surface area (Å²) in [6, 6.07) is -0.0379. The van der Waals surface area contributed by atoms with Crippen molar-refractivity contribution in [3.8, 4) is 0 Å². The highest BCUT2D eigenvalue weighted by molar-refractivity contribution is 5.77. The maximum atomic E-state index is 11.8. The van der Waals surface area contributed by atoms with Gasteiger partial charge in [-0.25, -0.2) is 9.59 Å². The highest BCUT2D eigenvalue weighted by Gasteiger charge is 2.31. The minimum absolute atomic E-state index is 0.0546. The number of carbonyl (C=O) groups excluding carboxylic acids is 2. The van der Waals surface area contributed by atoms with Gasteiger partial charge in [0.2, 0.25) is 0 Å². The number of urea groups is 2. The molecule has 6 heteroatoms. The van der Waals surface area contributed by atoms with Crippen molar-refractivity contribution < 1.29 is 9.59 Å². The fraction of sp³-hybridized carbons (Fsp3) is 0.692. The van der Waals surface area contributed by atoms with Crippen LogP contribution in [0.3, 0.4) is 0 Å². The van der Waals surface area contributed by atoms with Crippen LogP contribution in [-0.4, -0.2) is 49.2 Å². The molecule has 108 valence electrons. The zero-order chi connectivity index (χ0) is 14.3. The molecular formula is C13H24N4O2. The molecule has 1 aliphatic heterocycles. The summed E-state index contributed by atoms with van der Waals surface area (Å²) < 4.78 is 0. The Bertz CT molecular complexity index is 327. The molecule has 0 aliphatic carbocycles. The summed E-state index contributed by atoms with van der Waals surface area (Å²) in [4.78, 5) is 24.6.